The number of carbonyl (C=O) groups is 2. The van der Waals surface area contributed by atoms with Crippen LogP contribution in [0, 0.1) is 5.41 Å². The highest BCUT2D eigenvalue weighted by Crippen LogP contribution is 2.31. The van der Waals surface area contributed by atoms with E-state index in [0.717, 1.165) is 5.56 Å². The van der Waals surface area contributed by atoms with Gasteiger partial charge in [-0.1, -0.05) is 6.07 Å². The van der Waals surface area contributed by atoms with Gasteiger partial charge in [-0.15, -0.1) is 0 Å². The molecule has 0 aliphatic heterocycles. The standard InChI is InChI=1S/C18H27NO6/c1-17(2,3)25-16(22)19-11-18(4,15(20)21)10-12-7-8-13(23-5)14(9-12)24-6/h7-9H,10-11H2,1-6H3,(H,19,22)(H,20,21). The van der Waals surface area contributed by atoms with Crippen molar-refractivity contribution < 1.29 is 28.9 Å². The fourth-order valence-electron chi connectivity index (χ4n) is 2.24. The fraction of sp³-hybridized carbons (Fsp3) is 0.556. The lowest BCUT2D eigenvalue weighted by Gasteiger charge is -2.27. The summed E-state index contributed by atoms with van der Waals surface area (Å²) in [5.74, 6) is 0.0707. The number of ether oxygens (including phenoxy) is 3. The molecule has 1 aromatic rings. The Balaban J connectivity index is 2.88. The molecule has 0 saturated carbocycles. The first-order valence-corrected chi connectivity index (χ1v) is 7.92. The molecule has 7 nitrogen and oxygen atoms in total. The molecule has 0 saturated heterocycles. The number of hydrogen-bond acceptors (Lipinski definition) is 5. The lowest BCUT2D eigenvalue weighted by molar-refractivity contribution is -0.147. The number of benzene rings is 1. The Bertz CT molecular complexity index is 622. The second-order valence-electron chi connectivity index (χ2n) is 7.09. The molecule has 1 aromatic carbocycles. The Hall–Kier alpha value is -2.44. The molecule has 140 valence electrons. The second-order valence-corrected chi connectivity index (χ2v) is 7.09. The number of carboxylic acids is 1. The van der Waals surface area contributed by atoms with Gasteiger partial charge in [0.15, 0.2) is 11.5 Å². The summed E-state index contributed by atoms with van der Waals surface area (Å²) in [7, 11) is 3.05. The van der Waals surface area contributed by atoms with E-state index in [-0.39, 0.29) is 13.0 Å². The maximum absolute atomic E-state index is 11.8. The summed E-state index contributed by atoms with van der Waals surface area (Å²) in [5, 5.41) is 12.2. The summed E-state index contributed by atoms with van der Waals surface area (Å²) >= 11 is 0. The number of rotatable bonds is 7. The Labute approximate surface area is 148 Å². The quantitative estimate of drug-likeness (QED) is 0.783. The van der Waals surface area contributed by atoms with E-state index in [4.69, 9.17) is 14.2 Å². The van der Waals surface area contributed by atoms with E-state index < -0.39 is 23.1 Å². The molecule has 1 amide bonds. The Morgan fingerprint density at radius 1 is 1.08 bits per heavy atom. The minimum atomic E-state index is -1.20. The van der Waals surface area contributed by atoms with Crippen LogP contribution in [0.2, 0.25) is 0 Å². The Morgan fingerprint density at radius 3 is 2.16 bits per heavy atom. The van der Waals surface area contributed by atoms with Crippen LogP contribution in [0.15, 0.2) is 18.2 Å². The van der Waals surface area contributed by atoms with Gasteiger partial charge in [0.1, 0.15) is 5.60 Å². The van der Waals surface area contributed by atoms with Crippen LogP contribution in [0.25, 0.3) is 0 Å². The van der Waals surface area contributed by atoms with Crippen LogP contribution < -0.4 is 14.8 Å². The molecular formula is C18H27NO6. The fourth-order valence-corrected chi connectivity index (χ4v) is 2.24. The van der Waals surface area contributed by atoms with E-state index in [1.807, 2.05) is 0 Å². The average Bonchev–Trinajstić information content (AvgIpc) is 2.51. The van der Waals surface area contributed by atoms with Crippen molar-refractivity contribution in [1.82, 2.24) is 5.32 Å². The maximum Gasteiger partial charge on any atom is 0.407 e. The van der Waals surface area contributed by atoms with Crippen molar-refractivity contribution in [1.29, 1.82) is 0 Å². The molecule has 0 radical (unpaired) electrons. The number of nitrogens with one attached hydrogen (secondary N) is 1. The number of aliphatic carboxylic acids is 1. The molecule has 1 rings (SSSR count). The topological polar surface area (TPSA) is 94.1 Å². The van der Waals surface area contributed by atoms with E-state index in [1.165, 1.54) is 14.2 Å². The van der Waals surface area contributed by atoms with Crippen molar-refractivity contribution in [3.05, 3.63) is 23.8 Å². The number of methoxy groups -OCH3 is 2. The van der Waals surface area contributed by atoms with Gasteiger partial charge in [0.2, 0.25) is 0 Å². The molecule has 0 fully saturated rings. The van der Waals surface area contributed by atoms with Crippen LogP contribution in [-0.2, 0) is 16.0 Å². The third kappa shape index (κ3) is 6.17. The number of alkyl carbamates (subject to hydrolysis) is 1. The van der Waals surface area contributed by atoms with Crippen molar-refractivity contribution in [3.8, 4) is 11.5 Å². The lowest BCUT2D eigenvalue weighted by atomic mass is 9.83. The third-order valence-corrected chi connectivity index (χ3v) is 3.58. The van der Waals surface area contributed by atoms with Crippen LogP contribution in [0.3, 0.4) is 0 Å². The highest BCUT2D eigenvalue weighted by molar-refractivity contribution is 5.76. The first-order valence-electron chi connectivity index (χ1n) is 7.92. The summed E-state index contributed by atoms with van der Waals surface area (Å²) in [5.41, 5.74) is -1.09. The Kier molecular flexibility index (Phi) is 6.67. The van der Waals surface area contributed by atoms with Gasteiger partial charge in [0.25, 0.3) is 0 Å². The summed E-state index contributed by atoms with van der Waals surface area (Å²) < 4.78 is 15.6. The zero-order valence-electron chi connectivity index (χ0n) is 15.6. The van der Waals surface area contributed by atoms with Gasteiger partial charge in [-0.25, -0.2) is 4.79 Å². The van der Waals surface area contributed by atoms with Crippen LogP contribution >= 0.6 is 0 Å². The van der Waals surface area contributed by atoms with Crippen LogP contribution in [-0.4, -0.2) is 43.5 Å². The van der Waals surface area contributed by atoms with Crippen LogP contribution in [0.4, 0.5) is 4.79 Å². The first-order chi connectivity index (χ1) is 11.5. The first kappa shape index (κ1) is 20.6. The predicted molar refractivity (Wildman–Crippen MR) is 93.2 cm³/mol. The highest BCUT2D eigenvalue weighted by atomic mass is 16.6. The number of carbonyl (C=O) groups excluding carboxylic acids is 1. The van der Waals surface area contributed by atoms with Gasteiger partial charge in [-0.2, -0.15) is 0 Å². The average molecular weight is 353 g/mol. The summed E-state index contributed by atoms with van der Waals surface area (Å²) in [6, 6.07) is 5.22. The third-order valence-electron chi connectivity index (χ3n) is 3.58. The molecule has 25 heavy (non-hydrogen) atoms. The minimum absolute atomic E-state index is 0.0639. The van der Waals surface area contributed by atoms with Crippen molar-refractivity contribution in [2.24, 2.45) is 5.41 Å². The summed E-state index contributed by atoms with van der Waals surface area (Å²) in [6.07, 6.45) is -0.439. The molecule has 0 aromatic heterocycles. The lowest BCUT2D eigenvalue weighted by Crippen LogP contribution is -2.44. The van der Waals surface area contributed by atoms with Gasteiger partial charge in [0, 0.05) is 6.54 Å². The summed E-state index contributed by atoms with van der Waals surface area (Å²) in [6.45, 7) is 6.74. The van der Waals surface area contributed by atoms with E-state index >= 15 is 0 Å². The van der Waals surface area contributed by atoms with E-state index in [0.29, 0.717) is 11.5 Å². The molecule has 1 unspecified atom stereocenters. The molecule has 1 atom stereocenters. The zero-order chi connectivity index (χ0) is 19.3. The Morgan fingerprint density at radius 2 is 1.68 bits per heavy atom. The van der Waals surface area contributed by atoms with Crippen LogP contribution in [0.1, 0.15) is 33.3 Å². The molecule has 0 heterocycles. The smallest absolute Gasteiger partial charge is 0.407 e. The SMILES string of the molecule is COc1ccc(CC(C)(CNC(=O)OC(C)(C)C)C(=O)O)cc1OC. The number of hydrogen-bond donors (Lipinski definition) is 2. The van der Waals surface area contributed by atoms with Gasteiger partial charge in [0.05, 0.1) is 19.6 Å². The van der Waals surface area contributed by atoms with Crippen molar-refractivity contribution in [3.63, 3.8) is 0 Å². The van der Waals surface area contributed by atoms with Crippen molar-refractivity contribution >= 4 is 12.1 Å². The van der Waals surface area contributed by atoms with Crippen molar-refractivity contribution in [2.45, 2.75) is 39.7 Å². The normalized spacial score (nSPS) is 13.5. The highest BCUT2D eigenvalue weighted by Gasteiger charge is 2.34. The molecule has 0 aliphatic carbocycles. The van der Waals surface area contributed by atoms with Gasteiger partial charge < -0.3 is 24.6 Å². The summed E-state index contributed by atoms with van der Waals surface area (Å²) in [4.78, 5) is 23.6. The monoisotopic (exact) mass is 353 g/mol. The van der Waals surface area contributed by atoms with Crippen molar-refractivity contribution in [2.75, 3.05) is 20.8 Å². The van der Waals surface area contributed by atoms with E-state index in [2.05, 4.69) is 5.32 Å². The molecule has 2 N–H and O–H groups in total. The molecular weight excluding hydrogens is 326 g/mol. The molecule has 0 aliphatic rings. The minimum Gasteiger partial charge on any atom is -0.493 e. The molecule has 0 spiro atoms. The number of amides is 1. The predicted octanol–water partition coefficient (Wildman–Crippen LogP) is 2.86. The van der Waals surface area contributed by atoms with E-state index in [1.54, 1.807) is 45.9 Å². The number of carboxylic acid groups (broad SMARTS) is 1. The van der Waals surface area contributed by atoms with Crippen LogP contribution in [0.5, 0.6) is 11.5 Å². The van der Waals surface area contributed by atoms with Gasteiger partial charge in [-0.3, -0.25) is 4.79 Å². The van der Waals surface area contributed by atoms with Gasteiger partial charge in [-0.05, 0) is 51.8 Å². The maximum atomic E-state index is 11.8. The second kappa shape index (κ2) is 8.09. The molecule has 0 bridgehead atoms. The zero-order valence-corrected chi connectivity index (χ0v) is 15.6. The molecule has 7 heteroatoms. The van der Waals surface area contributed by atoms with Gasteiger partial charge >= 0.3 is 12.1 Å². The van der Waals surface area contributed by atoms with E-state index in [9.17, 15) is 14.7 Å². The largest absolute Gasteiger partial charge is 0.493 e.